The second-order valence-corrected chi connectivity index (χ2v) is 5.33. The summed E-state index contributed by atoms with van der Waals surface area (Å²) >= 11 is 6.22. The zero-order valence-corrected chi connectivity index (χ0v) is 12.3. The first-order valence-corrected chi connectivity index (χ1v) is 6.73. The number of hydrogen-bond donors (Lipinski definition) is 1. The highest BCUT2D eigenvalue weighted by molar-refractivity contribution is 6.32. The molecular formula is C13H22ClN3O. The number of carbonyl (C=O) groups excluding carboxylic acids is 1. The second kappa shape index (κ2) is 5.85. The molecule has 2 N–H and O–H groups in total. The van der Waals surface area contributed by atoms with Crippen LogP contribution in [0.25, 0.3) is 0 Å². The fraction of sp³-hybridized carbons (Fsp3) is 0.692. The van der Waals surface area contributed by atoms with E-state index in [9.17, 15) is 4.79 Å². The number of carbonyl (C=O) groups is 1. The highest BCUT2D eigenvalue weighted by Gasteiger charge is 2.29. The van der Waals surface area contributed by atoms with Crippen molar-refractivity contribution in [2.45, 2.75) is 52.0 Å². The van der Waals surface area contributed by atoms with E-state index in [4.69, 9.17) is 17.3 Å². The number of rotatable bonds is 6. The van der Waals surface area contributed by atoms with Gasteiger partial charge < -0.3 is 5.73 Å². The molecule has 4 nitrogen and oxygen atoms in total. The summed E-state index contributed by atoms with van der Waals surface area (Å²) in [5.41, 5.74) is 6.84. The van der Waals surface area contributed by atoms with E-state index in [1.54, 1.807) is 18.7 Å². The van der Waals surface area contributed by atoms with E-state index in [1.165, 1.54) is 0 Å². The van der Waals surface area contributed by atoms with Crippen LogP contribution in [0.3, 0.4) is 0 Å². The number of hydrogen-bond acceptors (Lipinski definition) is 3. The van der Waals surface area contributed by atoms with Crippen LogP contribution in [0.5, 0.6) is 0 Å². The average Bonchev–Trinajstić information content (AvgIpc) is 2.56. The fourth-order valence-corrected chi connectivity index (χ4v) is 2.39. The minimum atomic E-state index is -0.783. The zero-order chi connectivity index (χ0) is 13.9. The van der Waals surface area contributed by atoms with Crippen LogP contribution in [0.15, 0.2) is 0 Å². The van der Waals surface area contributed by atoms with E-state index in [2.05, 4.69) is 5.10 Å². The summed E-state index contributed by atoms with van der Waals surface area (Å²) in [6.45, 7) is 5.79. The summed E-state index contributed by atoms with van der Waals surface area (Å²) in [5, 5.41) is 4.90. The van der Waals surface area contributed by atoms with Gasteiger partial charge in [-0.1, -0.05) is 31.9 Å². The minimum absolute atomic E-state index is 0.0110. The lowest BCUT2D eigenvalue weighted by Gasteiger charge is -2.22. The molecule has 1 aromatic heterocycles. The molecule has 0 aromatic carbocycles. The fourth-order valence-electron chi connectivity index (χ4n) is 2.02. The highest BCUT2D eigenvalue weighted by atomic mass is 35.5. The first-order chi connectivity index (χ1) is 8.33. The molecule has 0 radical (unpaired) electrons. The molecular weight excluding hydrogens is 250 g/mol. The number of aromatic nitrogens is 2. The molecule has 0 saturated carbocycles. The Morgan fingerprint density at radius 1 is 1.50 bits per heavy atom. The van der Waals surface area contributed by atoms with Gasteiger partial charge in [-0.2, -0.15) is 5.10 Å². The monoisotopic (exact) mass is 271 g/mol. The lowest BCUT2D eigenvalue weighted by atomic mass is 9.89. The van der Waals surface area contributed by atoms with Gasteiger partial charge in [0.25, 0.3) is 0 Å². The standard InChI is InChI=1S/C13H22ClN3O/c1-5-7-13(3,15)11(18)8-10-12(14)9(6-2)16-17(10)4/h5-8,15H2,1-4H3. The lowest BCUT2D eigenvalue weighted by molar-refractivity contribution is -0.123. The van der Waals surface area contributed by atoms with Crippen molar-refractivity contribution in [3.8, 4) is 0 Å². The Hall–Kier alpha value is -0.870. The third-order valence-electron chi connectivity index (χ3n) is 3.24. The van der Waals surface area contributed by atoms with Crippen LogP contribution >= 0.6 is 11.6 Å². The summed E-state index contributed by atoms with van der Waals surface area (Å²) in [4.78, 5) is 12.2. The van der Waals surface area contributed by atoms with Gasteiger partial charge in [-0.05, 0) is 19.8 Å². The van der Waals surface area contributed by atoms with Crippen LogP contribution in [0.1, 0.15) is 45.0 Å². The summed E-state index contributed by atoms with van der Waals surface area (Å²) in [7, 11) is 1.81. The van der Waals surface area contributed by atoms with Crippen molar-refractivity contribution >= 4 is 17.4 Å². The molecule has 0 fully saturated rings. The predicted octanol–water partition coefficient (Wildman–Crippen LogP) is 2.27. The molecule has 1 rings (SSSR count). The smallest absolute Gasteiger partial charge is 0.158 e. The molecule has 0 bridgehead atoms. The maximum Gasteiger partial charge on any atom is 0.158 e. The van der Waals surface area contributed by atoms with Crippen LogP contribution in [-0.4, -0.2) is 21.1 Å². The molecule has 1 heterocycles. The van der Waals surface area contributed by atoms with Gasteiger partial charge in [0.1, 0.15) is 0 Å². The molecule has 1 unspecified atom stereocenters. The normalized spacial score (nSPS) is 14.6. The van der Waals surface area contributed by atoms with Gasteiger partial charge >= 0.3 is 0 Å². The largest absolute Gasteiger partial charge is 0.319 e. The molecule has 0 aliphatic heterocycles. The summed E-state index contributed by atoms with van der Waals surface area (Å²) in [6.07, 6.45) is 2.57. The molecule has 0 aliphatic carbocycles. The molecule has 18 heavy (non-hydrogen) atoms. The maximum absolute atomic E-state index is 12.2. The van der Waals surface area contributed by atoms with Gasteiger partial charge in [0, 0.05) is 7.05 Å². The van der Waals surface area contributed by atoms with E-state index in [0.29, 0.717) is 11.4 Å². The van der Waals surface area contributed by atoms with Crippen molar-refractivity contribution in [2.24, 2.45) is 12.8 Å². The van der Waals surface area contributed by atoms with Crippen LogP contribution in [0.2, 0.25) is 5.02 Å². The summed E-state index contributed by atoms with van der Waals surface area (Å²) < 4.78 is 1.68. The Labute approximate surface area is 113 Å². The first kappa shape index (κ1) is 15.2. The van der Waals surface area contributed by atoms with Crippen molar-refractivity contribution in [3.63, 3.8) is 0 Å². The van der Waals surface area contributed by atoms with Crippen LogP contribution in [-0.2, 0) is 24.7 Å². The van der Waals surface area contributed by atoms with E-state index in [-0.39, 0.29) is 12.2 Å². The Balaban J connectivity index is 2.92. The Kier molecular flexibility index (Phi) is 4.93. The summed E-state index contributed by atoms with van der Waals surface area (Å²) in [6, 6.07) is 0. The number of ketones is 1. The van der Waals surface area contributed by atoms with Crippen molar-refractivity contribution in [2.75, 3.05) is 0 Å². The van der Waals surface area contributed by atoms with E-state index in [0.717, 1.165) is 24.2 Å². The SMILES string of the molecule is CCCC(C)(N)C(=O)Cc1c(Cl)c(CC)nn1C. The number of nitrogens with two attached hydrogens (primary N) is 1. The van der Waals surface area contributed by atoms with E-state index < -0.39 is 5.54 Å². The Morgan fingerprint density at radius 3 is 2.56 bits per heavy atom. The third-order valence-corrected chi connectivity index (χ3v) is 3.67. The van der Waals surface area contributed by atoms with Gasteiger partial charge in [-0.15, -0.1) is 0 Å². The first-order valence-electron chi connectivity index (χ1n) is 6.35. The van der Waals surface area contributed by atoms with Crippen molar-refractivity contribution < 1.29 is 4.79 Å². The molecule has 102 valence electrons. The van der Waals surface area contributed by atoms with E-state index in [1.807, 2.05) is 13.8 Å². The van der Waals surface area contributed by atoms with E-state index >= 15 is 0 Å². The average molecular weight is 272 g/mol. The van der Waals surface area contributed by atoms with Crippen LogP contribution < -0.4 is 5.73 Å². The molecule has 1 atom stereocenters. The van der Waals surface area contributed by atoms with Crippen molar-refractivity contribution in [1.29, 1.82) is 0 Å². The van der Waals surface area contributed by atoms with Crippen molar-refractivity contribution in [1.82, 2.24) is 9.78 Å². The van der Waals surface area contributed by atoms with Gasteiger partial charge in [-0.25, -0.2) is 0 Å². The van der Waals surface area contributed by atoms with Crippen LogP contribution in [0, 0.1) is 0 Å². The number of Topliss-reactive ketones (excluding diaryl/α,β-unsaturated/α-hetero) is 1. The topological polar surface area (TPSA) is 60.9 Å². The van der Waals surface area contributed by atoms with Gasteiger partial charge in [0.05, 0.1) is 28.4 Å². The Bertz CT molecular complexity index is 438. The summed E-state index contributed by atoms with van der Waals surface area (Å²) in [5.74, 6) is 0.0110. The number of aryl methyl sites for hydroxylation is 2. The van der Waals surface area contributed by atoms with Crippen molar-refractivity contribution in [3.05, 3.63) is 16.4 Å². The van der Waals surface area contributed by atoms with Gasteiger partial charge in [0.2, 0.25) is 0 Å². The molecule has 1 aromatic rings. The molecule has 0 aliphatic rings. The number of nitrogens with zero attached hydrogens (tertiary/aromatic N) is 2. The maximum atomic E-state index is 12.2. The molecule has 0 amide bonds. The molecule has 0 spiro atoms. The van der Waals surface area contributed by atoms with Crippen LogP contribution in [0.4, 0.5) is 0 Å². The molecule has 5 heteroatoms. The van der Waals surface area contributed by atoms with Gasteiger partial charge in [-0.3, -0.25) is 9.48 Å². The second-order valence-electron chi connectivity index (χ2n) is 4.95. The Morgan fingerprint density at radius 2 is 2.11 bits per heavy atom. The molecule has 0 saturated heterocycles. The quantitative estimate of drug-likeness (QED) is 0.863. The minimum Gasteiger partial charge on any atom is -0.319 e. The zero-order valence-electron chi connectivity index (χ0n) is 11.6. The number of halogens is 1. The lowest BCUT2D eigenvalue weighted by Crippen LogP contribution is -2.45. The third kappa shape index (κ3) is 3.12. The van der Waals surface area contributed by atoms with Gasteiger partial charge in [0.15, 0.2) is 5.78 Å². The highest BCUT2D eigenvalue weighted by Crippen LogP contribution is 2.23. The predicted molar refractivity (Wildman–Crippen MR) is 73.8 cm³/mol.